The second kappa shape index (κ2) is 10.2. The van der Waals surface area contributed by atoms with Crippen LogP contribution in [0.2, 0.25) is 0 Å². The fourth-order valence-electron chi connectivity index (χ4n) is 5.58. The lowest BCUT2D eigenvalue weighted by Gasteiger charge is -2.24. The van der Waals surface area contributed by atoms with Crippen LogP contribution in [0.25, 0.3) is 33.8 Å². The first kappa shape index (κ1) is 26.1. The fourth-order valence-corrected chi connectivity index (χ4v) is 5.58. The molecule has 212 valence electrons. The zero-order chi connectivity index (χ0) is 29.0. The Morgan fingerprint density at radius 3 is 2.71 bits per heavy atom. The fraction of sp³-hybridized carbons (Fsp3) is 0.250. The number of hydrogen-bond acceptors (Lipinski definition) is 7. The summed E-state index contributed by atoms with van der Waals surface area (Å²) in [7, 11) is 3.90. The summed E-state index contributed by atoms with van der Waals surface area (Å²) in [5, 5.41) is 10.6. The molecule has 0 saturated heterocycles. The van der Waals surface area contributed by atoms with Gasteiger partial charge in [-0.1, -0.05) is 12.1 Å². The van der Waals surface area contributed by atoms with Gasteiger partial charge in [-0.15, -0.1) is 0 Å². The molecule has 7 rings (SSSR count). The minimum atomic E-state index is -0.582. The average molecular weight is 565 g/mol. The van der Waals surface area contributed by atoms with Crippen molar-refractivity contribution < 1.29 is 19.0 Å². The van der Waals surface area contributed by atoms with E-state index in [0.29, 0.717) is 45.4 Å². The van der Waals surface area contributed by atoms with E-state index >= 15 is 4.39 Å². The van der Waals surface area contributed by atoms with Crippen LogP contribution in [0.15, 0.2) is 60.9 Å². The van der Waals surface area contributed by atoms with Crippen LogP contribution in [0.4, 0.5) is 15.8 Å². The highest BCUT2D eigenvalue weighted by molar-refractivity contribution is 6.09. The molecule has 1 amide bonds. The number of nitrogens with zero attached hydrogens (tertiary/aromatic N) is 5. The summed E-state index contributed by atoms with van der Waals surface area (Å²) in [5.41, 5.74) is 6.08. The zero-order valence-corrected chi connectivity index (χ0v) is 23.3. The third-order valence-electron chi connectivity index (χ3n) is 7.95. The van der Waals surface area contributed by atoms with E-state index in [1.165, 1.54) is 11.0 Å². The number of hydrogen-bond donors (Lipinski definition) is 2. The van der Waals surface area contributed by atoms with Gasteiger partial charge in [-0.25, -0.2) is 14.4 Å². The highest BCUT2D eigenvalue weighted by atomic mass is 19.1. The number of aromatic amines is 1. The van der Waals surface area contributed by atoms with E-state index < -0.39 is 11.7 Å². The first-order chi connectivity index (χ1) is 20.4. The summed E-state index contributed by atoms with van der Waals surface area (Å²) in [4.78, 5) is 34.3. The summed E-state index contributed by atoms with van der Waals surface area (Å²) in [6, 6.07) is 14.4. The number of halogens is 1. The number of aliphatic hydroxyl groups excluding tert-OH is 1. The minimum absolute atomic E-state index is 0.0801. The van der Waals surface area contributed by atoms with Crippen LogP contribution in [-0.2, 0) is 6.61 Å². The third kappa shape index (κ3) is 4.44. The molecule has 42 heavy (non-hydrogen) atoms. The Balaban J connectivity index is 1.29. The van der Waals surface area contributed by atoms with Gasteiger partial charge in [0.25, 0.3) is 5.91 Å². The van der Waals surface area contributed by atoms with E-state index in [4.69, 9.17) is 4.74 Å². The summed E-state index contributed by atoms with van der Waals surface area (Å²) in [6.45, 7) is 0.0611. The molecular weight excluding hydrogens is 535 g/mol. The van der Waals surface area contributed by atoms with Gasteiger partial charge in [-0.3, -0.25) is 9.78 Å². The van der Waals surface area contributed by atoms with Crippen LogP contribution >= 0.6 is 0 Å². The molecule has 0 spiro atoms. The standard InChI is InChI=1S/C32H29FN6O3/c1-38(2)20-8-9-25(35-16-20)30-36-29-22(10-11-34-31(29)37-30)21-4-3-5-26(23(21)17-40)39-12-13-42-27-15-19(18-6-7-18)14-24(33)28(27)32(39)41/h3-5,8-11,14-16,18,40H,6-7,12-13,17H2,1-2H3,(H,34,36,37). The molecule has 0 radical (unpaired) electrons. The molecule has 9 nitrogen and oxygen atoms in total. The number of carbonyl (C=O) groups is 1. The van der Waals surface area contributed by atoms with Crippen molar-refractivity contribution in [1.82, 2.24) is 19.9 Å². The van der Waals surface area contributed by atoms with Crippen molar-refractivity contribution in [2.24, 2.45) is 0 Å². The molecular formula is C32H29FN6O3. The quantitative estimate of drug-likeness (QED) is 0.288. The zero-order valence-electron chi connectivity index (χ0n) is 23.3. The van der Waals surface area contributed by atoms with Crippen LogP contribution in [0.5, 0.6) is 5.75 Å². The number of nitrogens with one attached hydrogen (secondary N) is 1. The topological polar surface area (TPSA) is 107 Å². The third-order valence-corrected chi connectivity index (χ3v) is 7.95. The van der Waals surface area contributed by atoms with Gasteiger partial charge in [-0.05, 0) is 66.3 Å². The van der Waals surface area contributed by atoms with Crippen LogP contribution in [-0.4, -0.2) is 58.2 Å². The van der Waals surface area contributed by atoms with Gasteiger partial charge in [0, 0.05) is 31.4 Å². The Morgan fingerprint density at radius 2 is 1.98 bits per heavy atom. The van der Waals surface area contributed by atoms with Crippen LogP contribution < -0.4 is 14.5 Å². The van der Waals surface area contributed by atoms with Crippen molar-refractivity contribution in [1.29, 1.82) is 0 Å². The summed E-state index contributed by atoms with van der Waals surface area (Å²) in [6.07, 6.45) is 5.47. The Bertz CT molecular complexity index is 1830. The second-order valence-corrected chi connectivity index (χ2v) is 10.9. The summed E-state index contributed by atoms with van der Waals surface area (Å²) in [5.74, 6) is 0.0914. The smallest absolute Gasteiger partial charge is 0.265 e. The Labute approximate surface area is 241 Å². The highest BCUT2D eigenvalue weighted by Gasteiger charge is 2.33. The molecule has 1 fully saturated rings. The number of benzene rings is 2. The van der Waals surface area contributed by atoms with Gasteiger partial charge >= 0.3 is 0 Å². The van der Waals surface area contributed by atoms with E-state index in [1.54, 1.807) is 24.5 Å². The normalized spacial score (nSPS) is 15.0. The van der Waals surface area contributed by atoms with Gasteiger partial charge in [0.15, 0.2) is 11.5 Å². The molecule has 1 aliphatic carbocycles. The van der Waals surface area contributed by atoms with E-state index in [0.717, 1.165) is 29.7 Å². The average Bonchev–Trinajstić information content (AvgIpc) is 3.78. The molecule has 1 saturated carbocycles. The predicted molar refractivity (Wildman–Crippen MR) is 158 cm³/mol. The molecule has 2 aromatic carbocycles. The highest BCUT2D eigenvalue weighted by Crippen LogP contribution is 2.43. The summed E-state index contributed by atoms with van der Waals surface area (Å²) < 4.78 is 21.2. The molecule has 2 N–H and O–H groups in total. The van der Waals surface area contributed by atoms with E-state index in [2.05, 4.69) is 19.9 Å². The van der Waals surface area contributed by atoms with Gasteiger partial charge < -0.3 is 24.6 Å². The van der Waals surface area contributed by atoms with Gasteiger partial charge in [-0.2, -0.15) is 0 Å². The van der Waals surface area contributed by atoms with Crippen molar-refractivity contribution in [2.45, 2.75) is 25.4 Å². The number of anilines is 2. The van der Waals surface area contributed by atoms with E-state index in [9.17, 15) is 9.90 Å². The van der Waals surface area contributed by atoms with Crippen molar-refractivity contribution in [2.75, 3.05) is 37.0 Å². The molecule has 0 bridgehead atoms. The lowest BCUT2D eigenvalue weighted by atomic mass is 9.97. The number of aromatic nitrogens is 4. The molecule has 0 atom stereocenters. The molecule has 2 aliphatic rings. The number of ether oxygens (including phenoxy) is 1. The van der Waals surface area contributed by atoms with E-state index in [1.807, 2.05) is 49.3 Å². The van der Waals surface area contributed by atoms with Crippen molar-refractivity contribution in [3.63, 3.8) is 0 Å². The molecule has 0 unspecified atom stereocenters. The number of aliphatic hydroxyl groups is 1. The van der Waals surface area contributed by atoms with Crippen molar-refractivity contribution >= 4 is 28.4 Å². The lowest BCUT2D eigenvalue weighted by Crippen LogP contribution is -2.33. The number of fused-ring (bicyclic) bond motifs is 2. The lowest BCUT2D eigenvalue weighted by molar-refractivity contribution is 0.0985. The molecule has 1 aliphatic heterocycles. The van der Waals surface area contributed by atoms with Gasteiger partial charge in [0.05, 0.1) is 36.2 Å². The van der Waals surface area contributed by atoms with Crippen molar-refractivity contribution in [3.8, 4) is 28.4 Å². The number of H-pyrrole nitrogens is 1. The van der Waals surface area contributed by atoms with Crippen molar-refractivity contribution in [3.05, 3.63) is 83.4 Å². The monoisotopic (exact) mass is 564 g/mol. The number of pyridine rings is 2. The Hall–Kier alpha value is -4.83. The van der Waals surface area contributed by atoms with Gasteiger partial charge in [0.2, 0.25) is 0 Å². The molecule has 5 aromatic rings. The maximum atomic E-state index is 15.3. The predicted octanol–water partition coefficient (Wildman–Crippen LogP) is 5.30. The van der Waals surface area contributed by atoms with Crippen LogP contribution in [0, 0.1) is 5.82 Å². The number of carbonyl (C=O) groups excluding carboxylic acids is 1. The summed E-state index contributed by atoms with van der Waals surface area (Å²) >= 11 is 0. The first-order valence-corrected chi connectivity index (χ1v) is 13.9. The molecule has 10 heteroatoms. The Morgan fingerprint density at radius 1 is 1.12 bits per heavy atom. The largest absolute Gasteiger partial charge is 0.491 e. The minimum Gasteiger partial charge on any atom is -0.491 e. The maximum Gasteiger partial charge on any atom is 0.265 e. The number of amides is 1. The SMILES string of the molecule is CN(C)c1ccc(-c2nc3nccc(-c4cccc(N5CCOc6cc(C7CC7)cc(F)c6C5=O)c4CO)c3[nH]2)nc1. The van der Waals surface area contributed by atoms with Crippen LogP contribution in [0.1, 0.15) is 40.2 Å². The molecule has 4 heterocycles. The second-order valence-electron chi connectivity index (χ2n) is 10.9. The molecule has 3 aromatic heterocycles. The van der Waals surface area contributed by atoms with Gasteiger partial charge in [0.1, 0.15) is 29.4 Å². The maximum absolute atomic E-state index is 15.3. The van der Waals surface area contributed by atoms with E-state index in [-0.39, 0.29) is 31.1 Å². The Kier molecular flexibility index (Phi) is 6.35. The number of imidazole rings is 1. The first-order valence-electron chi connectivity index (χ1n) is 13.9. The number of rotatable bonds is 6. The van der Waals surface area contributed by atoms with Crippen LogP contribution in [0.3, 0.4) is 0 Å².